The third kappa shape index (κ3) is 5.52. The molecule has 1 heterocycles. The van der Waals surface area contributed by atoms with Gasteiger partial charge in [-0.1, -0.05) is 66.7 Å². The largest absolute Gasteiger partial charge is 0.478 e. The molecule has 1 aliphatic heterocycles. The normalized spacial score (nSPS) is 42.8. The van der Waals surface area contributed by atoms with Crippen molar-refractivity contribution < 1.29 is 18.3 Å². The lowest BCUT2D eigenvalue weighted by Crippen LogP contribution is -2.68. The summed E-state index contributed by atoms with van der Waals surface area (Å²) < 4.78 is 24.1. The predicted octanol–water partition coefficient (Wildman–Crippen LogP) is 8.19. The molecule has 7 rings (SSSR count). The fraction of sp³-hybridized carbons (Fsp3) is 0.786. The Morgan fingerprint density at radius 3 is 2.24 bits per heavy atom. The lowest BCUT2D eigenvalue weighted by atomic mass is 9.33. The van der Waals surface area contributed by atoms with Crippen molar-refractivity contribution in [3.05, 3.63) is 41.5 Å². The molecule has 4 saturated carbocycles. The lowest BCUT2D eigenvalue weighted by Gasteiger charge is -2.72. The molecule has 0 spiro atoms. The molecule has 5 fully saturated rings. The van der Waals surface area contributed by atoms with Crippen LogP contribution in [0.15, 0.2) is 30.3 Å². The summed E-state index contributed by atoms with van der Waals surface area (Å²) in [4.78, 5) is 13.9. The van der Waals surface area contributed by atoms with Crippen molar-refractivity contribution in [2.45, 2.75) is 112 Å². The average molecular weight is 693 g/mol. The highest BCUT2D eigenvalue weighted by Gasteiger charge is 2.70. The molecular formula is C42H64N2O4S. The van der Waals surface area contributed by atoms with E-state index in [4.69, 9.17) is 0 Å². The quantitative estimate of drug-likeness (QED) is 0.300. The van der Waals surface area contributed by atoms with Crippen molar-refractivity contribution in [1.82, 2.24) is 10.2 Å². The highest BCUT2D eigenvalue weighted by Crippen LogP contribution is 2.76. The van der Waals surface area contributed by atoms with Gasteiger partial charge in [-0.25, -0.2) is 13.2 Å². The Morgan fingerprint density at radius 1 is 0.898 bits per heavy atom. The van der Waals surface area contributed by atoms with Gasteiger partial charge in [-0.3, -0.25) is 0 Å². The zero-order valence-electron chi connectivity index (χ0n) is 31.5. The second kappa shape index (κ2) is 12.2. The number of aromatic carboxylic acids is 1. The van der Waals surface area contributed by atoms with Crippen LogP contribution in [0.2, 0.25) is 0 Å². The molecule has 272 valence electrons. The zero-order chi connectivity index (χ0) is 35.2. The van der Waals surface area contributed by atoms with Crippen LogP contribution >= 0.6 is 0 Å². The maximum atomic E-state index is 12.0. The first-order chi connectivity index (χ1) is 23.0. The van der Waals surface area contributed by atoms with Crippen LogP contribution in [0.5, 0.6) is 0 Å². The summed E-state index contributed by atoms with van der Waals surface area (Å²) in [5, 5.41) is 13.7. The van der Waals surface area contributed by atoms with Crippen LogP contribution in [-0.2, 0) is 9.84 Å². The number of rotatable bonds is 7. The summed E-state index contributed by atoms with van der Waals surface area (Å²) in [5.74, 6) is 3.94. The molecule has 1 saturated heterocycles. The van der Waals surface area contributed by atoms with E-state index < -0.39 is 15.8 Å². The van der Waals surface area contributed by atoms with Crippen LogP contribution in [0.1, 0.15) is 122 Å². The Balaban J connectivity index is 1.14. The molecule has 7 heteroatoms. The maximum Gasteiger partial charge on any atom is 0.335 e. The summed E-state index contributed by atoms with van der Waals surface area (Å²) >= 11 is 0. The minimum absolute atomic E-state index is 0.0230. The number of nitrogens with one attached hydrogen (secondary N) is 1. The third-order valence-corrected chi connectivity index (χ3v) is 18.3. The summed E-state index contributed by atoms with van der Waals surface area (Å²) in [6.07, 6.45) is 14.1. The molecular weight excluding hydrogens is 629 g/mol. The van der Waals surface area contributed by atoms with E-state index in [1.54, 1.807) is 12.1 Å². The van der Waals surface area contributed by atoms with Crippen molar-refractivity contribution in [1.29, 1.82) is 0 Å². The van der Waals surface area contributed by atoms with Crippen LogP contribution in [0.4, 0.5) is 0 Å². The zero-order valence-corrected chi connectivity index (χ0v) is 32.3. The lowest BCUT2D eigenvalue weighted by molar-refractivity contribution is -0.221. The number of carboxylic acid groups (broad SMARTS) is 1. The fourth-order valence-corrected chi connectivity index (χ4v) is 15.3. The maximum absolute atomic E-state index is 12.0. The third-order valence-electron chi connectivity index (χ3n) is 16.7. The first-order valence-corrected chi connectivity index (χ1v) is 21.5. The van der Waals surface area contributed by atoms with Crippen molar-refractivity contribution in [2.24, 2.45) is 57.2 Å². The number of hydrogen-bond donors (Lipinski definition) is 2. The van der Waals surface area contributed by atoms with Crippen molar-refractivity contribution in [3.63, 3.8) is 0 Å². The Hall–Kier alpha value is -1.70. The summed E-state index contributed by atoms with van der Waals surface area (Å²) in [7, 11) is -2.85. The number of carbonyl (C=O) groups is 1. The number of hydrogen-bond acceptors (Lipinski definition) is 5. The molecule has 9 unspecified atom stereocenters. The van der Waals surface area contributed by atoms with Crippen molar-refractivity contribution >= 4 is 21.4 Å². The molecule has 0 amide bonds. The van der Waals surface area contributed by atoms with Gasteiger partial charge in [0.2, 0.25) is 0 Å². The Bertz CT molecular complexity index is 1570. The van der Waals surface area contributed by atoms with Crippen molar-refractivity contribution in [3.8, 4) is 0 Å². The average Bonchev–Trinajstić information content (AvgIpc) is 3.42. The van der Waals surface area contributed by atoms with Gasteiger partial charge in [0.25, 0.3) is 0 Å². The van der Waals surface area contributed by atoms with Gasteiger partial charge in [0.1, 0.15) is 0 Å². The molecule has 9 atom stereocenters. The van der Waals surface area contributed by atoms with Gasteiger partial charge < -0.3 is 15.3 Å². The second-order valence-electron chi connectivity index (χ2n) is 19.1. The summed E-state index contributed by atoms with van der Waals surface area (Å²) in [6, 6.07) is 7.61. The number of nitrogens with zero attached hydrogens (tertiary/aromatic N) is 1. The SMILES string of the molecule is CC(C)C1CCC2(NCCN3CCS(=O)(=O)CC3)CCC3(C)C(CCC4C5(C)CC=C(c6ccc(C(=O)O)cc6)C(C)(C)C5CCC43C)C12. The van der Waals surface area contributed by atoms with Gasteiger partial charge in [0.05, 0.1) is 17.1 Å². The molecule has 6 aliphatic rings. The van der Waals surface area contributed by atoms with Gasteiger partial charge in [-0.15, -0.1) is 0 Å². The van der Waals surface area contributed by atoms with E-state index >= 15 is 0 Å². The second-order valence-corrected chi connectivity index (χ2v) is 21.4. The number of fused-ring (bicyclic) bond motifs is 7. The van der Waals surface area contributed by atoms with Crippen LogP contribution in [-0.4, -0.2) is 67.6 Å². The van der Waals surface area contributed by atoms with E-state index in [1.807, 2.05) is 12.1 Å². The summed E-state index contributed by atoms with van der Waals surface area (Å²) in [6.45, 7) is 21.3. The highest BCUT2D eigenvalue weighted by molar-refractivity contribution is 7.91. The minimum atomic E-state index is -2.85. The first-order valence-electron chi connectivity index (χ1n) is 19.7. The standard InChI is InChI=1S/C42H64N2O4S/c1-28(2)31-14-19-42(43-22-23-44-24-26-49(47,48)27-25-44)21-20-40(6)33(36(31)42)12-13-35-39(5)17-15-32(29-8-10-30(11-9-29)37(45)46)38(3,4)34(39)16-18-41(35,40)7/h8-11,15,28,31,33-36,43H,12-14,16-27H2,1-7H3,(H,45,46). The van der Waals surface area contributed by atoms with E-state index in [9.17, 15) is 18.3 Å². The molecule has 0 aromatic heterocycles. The Labute approximate surface area is 297 Å². The van der Waals surface area contributed by atoms with Gasteiger partial charge in [0, 0.05) is 31.7 Å². The van der Waals surface area contributed by atoms with Gasteiger partial charge in [0.15, 0.2) is 9.84 Å². The molecule has 49 heavy (non-hydrogen) atoms. The molecule has 2 N–H and O–H groups in total. The van der Waals surface area contributed by atoms with Crippen molar-refractivity contribution in [2.75, 3.05) is 37.7 Å². The van der Waals surface area contributed by atoms with Gasteiger partial charge in [-0.2, -0.15) is 0 Å². The van der Waals surface area contributed by atoms with E-state index in [0.29, 0.717) is 64.7 Å². The predicted molar refractivity (Wildman–Crippen MR) is 199 cm³/mol. The number of carboxylic acids is 1. The van der Waals surface area contributed by atoms with E-state index in [1.165, 1.54) is 62.5 Å². The number of sulfone groups is 1. The number of allylic oxidation sites excluding steroid dienone is 2. The van der Waals surface area contributed by atoms with Gasteiger partial charge >= 0.3 is 5.97 Å². The Kier molecular flexibility index (Phi) is 8.88. The van der Waals surface area contributed by atoms with Crippen LogP contribution in [0.25, 0.3) is 5.57 Å². The minimum Gasteiger partial charge on any atom is -0.478 e. The Morgan fingerprint density at radius 2 is 1.59 bits per heavy atom. The molecule has 6 nitrogen and oxygen atoms in total. The number of benzene rings is 1. The van der Waals surface area contributed by atoms with Gasteiger partial charge in [-0.05, 0) is 138 Å². The van der Waals surface area contributed by atoms with E-state index in [0.717, 1.165) is 31.3 Å². The molecule has 0 radical (unpaired) electrons. The molecule has 1 aromatic carbocycles. The molecule has 0 bridgehead atoms. The monoisotopic (exact) mass is 692 g/mol. The fourth-order valence-electron chi connectivity index (χ4n) is 14.0. The molecule has 1 aromatic rings. The van der Waals surface area contributed by atoms with Crippen LogP contribution in [0, 0.1) is 57.2 Å². The summed E-state index contributed by atoms with van der Waals surface area (Å²) in [5.41, 5.74) is 4.05. The molecule has 5 aliphatic carbocycles. The van der Waals surface area contributed by atoms with Crippen LogP contribution in [0.3, 0.4) is 0 Å². The van der Waals surface area contributed by atoms with E-state index in [2.05, 4.69) is 64.8 Å². The van der Waals surface area contributed by atoms with E-state index in [-0.39, 0.29) is 16.4 Å². The topological polar surface area (TPSA) is 86.7 Å². The highest BCUT2D eigenvalue weighted by atomic mass is 32.2. The first kappa shape index (κ1) is 35.7. The smallest absolute Gasteiger partial charge is 0.335 e. The van der Waals surface area contributed by atoms with Crippen LogP contribution < -0.4 is 5.32 Å².